The van der Waals surface area contributed by atoms with E-state index in [0.29, 0.717) is 5.69 Å². The van der Waals surface area contributed by atoms with Crippen molar-refractivity contribution < 1.29 is 27.5 Å². The molecule has 3 aliphatic rings. The third kappa shape index (κ3) is 5.54. The summed E-state index contributed by atoms with van der Waals surface area (Å²) >= 11 is 2.64. The minimum absolute atomic E-state index is 0.00957. The molecule has 1 atom stereocenters. The van der Waals surface area contributed by atoms with Crippen molar-refractivity contribution >= 4 is 67.1 Å². The van der Waals surface area contributed by atoms with Crippen LogP contribution in [0.25, 0.3) is 0 Å². The molecule has 2 aliphatic heterocycles. The standard InChI is InChI=1S/C23H22N6O6S3/c1-34-18-10-16(25-22(26-18)35-2)29-38(32,33)13-8-6-12(7-9-13)24-17(30)11-36-23-27-20(31)19-14-4-3-5-15(14)37-21(19)28-23/h6-10,19H,3-5,11H2,1-2H3,(H,24,30)(H,25,26,29). The monoisotopic (exact) mass is 574 g/mol. The number of aromatic nitrogens is 2. The summed E-state index contributed by atoms with van der Waals surface area (Å²) in [6.07, 6.45) is 2.96. The van der Waals surface area contributed by atoms with Crippen molar-refractivity contribution in [3.8, 4) is 11.9 Å². The van der Waals surface area contributed by atoms with Gasteiger partial charge in [-0.1, -0.05) is 23.5 Å². The molecule has 0 bridgehead atoms. The van der Waals surface area contributed by atoms with Gasteiger partial charge in [-0.3, -0.25) is 14.3 Å². The van der Waals surface area contributed by atoms with E-state index >= 15 is 0 Å². The molecule has 15 heteroatoms. The molecule has 0 spiro atoms. The Morgan fingerprint density at radius 2 is 1.92 bits per heavy atom. The number of amidine groups is 1. The van der Waals surface area contributed by atoms with E-state index in [-0.39, 0.29) is 51.3 Å². The fourth-order valence-corrected chi connectivity index (χ4v) is 7.12. The lowest BCUT2D eigenvalue weighted by Crippen LogP contribution is -2.25. The second kappa shape index (κ2) is 10.7. The normalized spacial score (nSPS) is 18.4. The molecule has 0 radical (unpaired) electrons. The highest BCUT2D eigenvalue weighted by Gasteiger charge is 2.41. The van der Waals surface area contributed by atoms with Crippen molar-refractivity contribution in [1.29, 1.82) is 0 Å². The molecule has 3 heterocycles. The van der Waals surface area contributed by atoms with Crippen molar-refractivity contribution in [3.63, 3.8) is 0 Å². The van der Waals surface area contributed by atoms with Crippen LogP contribution in [0.15, 0.2) is 55.7 Å². The summed E-state index contributed by atoms with van der Waals surface area (Å²) in [5.41, 5.74) is 1.56. The minimum atomic E-state index is -3.99. The Morgan fingerprint density at radius 1 is 1.13 bits per heavy atom. The van der Waals surface area contributed by atoms with Crippen LogP contribution in [-0.2, 0) is 19.6 Å². The quantitative estimate of drug-likeness (QED) is 0.479. The Kier molecular flexibility index (Phi) is 7.40. The number of carbonyl (C=O) groups is 2. The largest absolute Gasteiger partial charge is 0.481 e. The molecule has 1 aromatic carbocycles. The van der Waals surface area contributed by atoms with Crippen molar-refractivity contribution in [1.82, 2.24) is 9.97 Å². The predicted octanol–water partition coefficient (Wildman–Crippen LogP) is 3.06. The van der Waals surface area contributed by atoms with Crippen LogP contribution in [0.5, 0.6) is 11.9 Å². The number of benzene rings is 1. The fourth-order valence-electron chi connectivity index (χ4n) is 4.07. The maximum absolute atomic E-state index is 12.8. The SMILES string of the molecule is COc1cc(NS(=O)(=O)c2ccc(NC(=O)CSC3=NC(=O)C4C(=N3)SC3=C4CCC3)cc2)nc(OC)n1. The van der Waals surface area contributed by atoms with Gasteiger partial charge in [0.25, 0.3) is 15.9 Å². The number of nitrogens with zero attached hydrogens (tertiary/aromatic N) is 4. The number of thioether (sulfide) groups is 2. The molecule has 1 unspecified atom stereocenters. The Hall–Kier alpha value is -3.43. The first-order valence-corrected chi connectivity index (χ1v) is 14.7. The van der Waals surface area contributed by atoms with Gasteiger partial charge in [0.15, 0.2) is 11.0 Å². The van der Waals surface area contributed by atoms with Crippen LogP contribution in [-0.4, -0.2) is 60.4 Å². The number of fused-ring (bicyclic) bond motifs is 2. The molecule has 1 aliphatic carbocycles. The summed E-state index contributed by atoms with van der Waals surface area (Å²) < 4.78 is 37.9. The summed E-state index contributed by atoms with van der Waals surface area (Å²) in [5.74, 6) is -0.813. The van der Waals surface area contributed by atoms with Crippen LogP contribution in [0.4, 0.5) is 11.5 Å². The number of sulfonamides is 1. The maximum atomic E-state index is 12.8. The van der Waals surface area contributed by atoms with Crippen LogP contribution < -0.4 is 19.5 Å². The van der Waals surface area contributed by atoms with Crippen LogP contribution in [0.1, 0.15) is 19.3 Å². The van der Waals surface area contributed by atoms with E-state index in [1.165, 1.54) is 49.5 Å². The molecule has 2 N–H and O–H groups in total. The molecule has 1 aromatic heterocycles. The zero-order chi connectivity index (χ0) is 26.9. The summed E-state index contributed by atoms with van der Waals surface area (Å²) in [4.78, 5) is 42.7. The molecule has 2 amide bonds. The summed E-state index contributed by atoms with van der Waals surface area (Å²) in [5, 5.41) is 3.72. The highest BCUT2D eigenvalue weighted by molar-refractivity contribution is 8.18. The Labute approximate surface area is 226 Å². The Morgan fingerprint density at radius 3 is 2.66 bits per heavy atom. The average molecular weight is 575 g/mol. The van der Waals surface area contributed by atoms with Gasteiger partial charge in [-0.05, 0) is 54.0 Å². The van der Waals surface area contributed by atoms with E-state index in [4.69, 9.17) is 9.47 Å². The van der Waals surface area contributed by atoms with Gasteiger partial charge in [-0.2, -0.15) is 15.0 Å². The van der Waals surface area contributed by atoms with Crippen LogP contribution in [0, 0.1) is 5.92 Å². The summed E-state index contributed by atoms with van der Waals surface area (Å²) in [6, 6.07) is 6.88. The van der Waals surface area contributed by atoms with Gasteiger partial charge in [0.2, 0.25) is 11.8 Å². The molecule has 0 fully saturated rings. The number of aliphatic imine (C=N–C) groups is 2. The van der Waals surface area contributed by atoms with Crippen molar-refractivity contribution in [2.45, 2.75) is 24.2 Å². The molecule has 12 nitrogen and oxygen atoms in total. The van der Waals surface area contributed by atoms with Gasteiger partial charge in [0.05, 0.1) is 29.9 Å². The maximum Gasteiger partial charge on any atom is 0.321 e. The fraction of sp³-hybridized carbons (Fsp3) is 0.304. The number of carbonyl (C=O) groups excluding carboxylic acids is 2. The molecular weight excluding hydrogens is 552 g/mol. The molecule has 0 saturated carbocycles. The Balaban J connectivity index is 1.17. The van der Waals surface area contributed by atoms with E-state index in [0.717, 1.165) is 41.6 Å². The zero-order valence-corrected chi connectivity index (χ0v) is 22.7. The first-order valence-electron chi connectivity index (χ1n) is 11.4. The van der Waals surface area contributed by atoms with Gasteiger partial charge >= 0.3 is 6.01 Å². The summed E-state index contributed by atoms with van der Waals surface area (Å²) in [6.45, 7) is 0. The van der Waals surface area contributed by atoms with Gasteiger partial charge in [-0.25, -0.2) is 13.4 Å². The Bertz CT molecular complexity index is 1480. The second-order valence-corrected chi connectivity index (χ2v) is 12.0. The third-order valence-corrected chi connectivity index (χ3v) is 9.25. The molecule has 38 heavy (non-hydrogen) atoms. The molecule has 198 valence electrons. The first-order chi connectivity index (χ1) is 18.3. The number of rotatable bonds is 8. The number of nitrogens with one attached hydrogen (secondary N) is 2. The van der Waals surface area contributed by atoms with Gasteiger partial charge in [0, 0.05) is 11.8 Å². The second-order valence-electron chi connectivity index (χ2n) is 8.27. The molecular formula is C23H22N6O6S3. The smallest absolute Gasteiger partial charge is 0.321 e. The number of hydrogen-bond acceptors (Lipinski definition) is 11. The zero-order valence-electron chi connectivity index (χ0n) is 20.3. The number of hydrogen-bond donors (Lipinski definition) is 2. The minimum Gasteiger partial charge on any atom is -0.481 e. The predicted molar refractivity (Wildman–Crippen MR) is 145 cm³/mol. The van der Waals surface area contributed by atoms with E-state index in [9.17, 15) is 18.0 Å². The van der Waals surface area contributed by atoms with Gasteiger partial charge in [0.1, 0.15) is 5.92 Å². The van der Waals surface area contributed by atoms with Crippen LogP contribution in [0.2, 0.25) is 0 Å². The topological polar surface area (TPSA) is 161 Å². The number of amides is 2. The van der Waals surface area contributed by atoms with Gasteiger partial charge < -0.3 is 14.8 Å². The van der Waals surface area contributed by atoms with Crippen LogP contribution >= 0.6 is 23.5 Å². The van der Waals surface area contributed by atoms with Crippen molar-refractivity contribution in [3.05, 3.63) is 40.8 Å². The number of anilines is 2. The number of ether oxygens (including phenoxy) is 2. The molecule has 2 aromatic rings. The lowest BCUT2D eigenvalue weighted by atomic mass is 9.98. The van der Waals surface area contributed by atoms with E-state index in [1.807, 2.05) is 0 Å². The van der Waals surface area contributed by atoms with E-state index < -0.39 is 10.0 Å². The highest BCUT2D eigenvalue weighted by Crippen LogP contribution is 2.49. The third-order valence-electron chi connectivity index (χ3n) is 5.78. The van der Waals surface area contributed by atoms with Gasteiger partial charge in [-0.15, -0.1) is 0 Å². The van der Waals surface area contributed by atoms with Crippen molar-refractivity contribution in [2.24, 2.45) is 15.9 Å². The lowest BCUT2D eigenvalue weighted by molar-refractivity contribution is -0.119. The number of methoxy groups -OCH3 is 2. The number of allylic oxidation sites excluding steroid dienone is 1. The molecule has 5 rings (SSSR count). The highest BCUT2D eigenvalue weighted by atomic mass is 32.2. The summed E-state index contributed by atoms with van der Waals surface area (Å²) in [7, 11) is -1.26. The molecule has 0 saturated heterocycles. The van der Waals surface area contributed by atoms with E-state index in [2.05, 4.69) is 30.0 Å². The first kappa shape index (κ1) is 26.2. The van der Waals surface area contributed by atoms with Crippen molar-refractivity contribution in [2.75, 3.05) is 30.0 Å². The van der Waals surface area contributed by atoms with E-state index in [1.54, 1.807) is 11.8 Å². The average Bonchev–Trinajstić information content (AvgIpc) is 3.48. The van der Waals surface area contributed by atoms with Crippen LogP contribution in [0.3, 0.4) is 0 Å². The lowest BCUT2D eigenvalue weighted by Gasteiger charge is -2.16.